The van der Waals surface area contributed by atoms with Gasteiger partial charge in [0.15, 0.2) is 6.04 Å². The monoisotopic (exact) mass is 290 g/mol. The molecule has 21 heavy (non-hydrogen) atoms. The van der Waals surface area contributed by atoms with Crippen LogP contribution in [0.15, 0.2) is 30.3 Å². The number of esters is 1. The number of ether oxygens (including phenoxy) is 1. The first-order chi connectivity index (χ1) is 10.0. The van der Waals surface area contributed by atoms with Gasteiger partial charge in [-0.15, -0.1) is 0 Å². The van der Waals surface area contributed by atoms with Gasteiger partial charge in [0.1, 0.15) is 0 Å². The molecular weight excluding hydrogens is 268 g/mol. The molecule has 0 spiro atoms. The first kappa shape index (κ1) is 15.5. The Labute approximate surface area is 124 Å². The predicted molar refractivity (Wildman–Crippen MR) is 79.3 cm³/mol. The fourth-order valence-corrected chi connectivity index (χ4v) is 2.83. The summed E-state index contributed by atoms with van der Waals surface area (Å²) in [5.41, 5.74) is 6.48. The maximum Gasteiger partial charge on any atom is 0.333 e. The summed E-state index contributed by atoms with van der Waals surface area (Å²) in [6, 6.07) is 8.28. The van der Waals surface area contributed by atoms with Crippen LogP contribution in [0.25, 0.3) is 0 Å². The van der Waals surface area contributed by atoms with Gasteiger partial charge in [-0.25, -0.2) is 4.79 Å². The van der Waals surface area contributed by atoms with Crippen LogP contribution >= 0.6 is 0 Å². The summed E-state index contributed by atoms with van der Waals surface area (Å²) >= 11 is 0. The van der Waals surface area contributed by atoms with Crippen LogP contribution in [-0.4, -0.2) is 24.5 Å². The molecule has 5 heteroatoms. The molecule has 1 aromatic rings. The molecule has 3 N–H and O–H groups in total. The van der Waals surface area contributed by atoms with Gasteiger partial charge in [0, 0.05) is 12.0 Å². The molecule has 0 saturated heterocycles. The molecular formula is C16H22N2O3. The second-order valence-electron chi connectivity index (χ2n) is 5.68. The average Bonchev–Trinajstić information content (AvgIpc) is 2.91. The number of hydrogen-bond donors (Lipinski definition) is 2. The van der Waals surface area contributed by atoms with E-state index in [2.05, 4.69) is 5.32 Å². The van der Waals surface area contributed by atoms with Crippen LogP contribution in [-0.2, 0) is 14.3 Å². The zero-order valence-corrected chi connectivity index (χ0v) is 12.3. The third-order valence-corrected chi connectivity index (χ3v) is 3.99. The molecule has 1 aromatic carbocycles. The summed E-state index contributed by atoms with van der Waals surface area (Å²) in [6.07, 6.45) is 4.07. The van der Waals surface area contributed by atoms with Crippen molar-refractivity contribution in [3.63, 3.8) is 0 Å². The maximum atomic E-state index is 12.2. The summed E-state index contributed by atoms with van der Waals surface area (Å²) < 4.78 is 4.78. The van der Waals surface area contributed by atoms with E-state index in [4.69, 9.17) is 10.5 Å². The molecule has 5 nitrogen and oxygen atoms in total. The first-order valence-electron chi connectivity index (χ1n) is 7.25. The van der Waals surface area contributed by atoms with Gasteiger partial charge < -0.3 is 15.8 Å². The smallest absolute Gasteiger partial charge is 0.333 e. The van der Waals surface area contributed by atoms with Gasteiger partial charge in [-0.1, -0.05) is 43.2 Å². The fourth-order valence-electron chi connectivity index (χ4n) is 2.83. The lowest BCUT2D eigenvalue weighted by Gasteiger charge is -2.24. The minimum absolute atomic E-state index is 0.210. The Morgan fingerprint density at radius 2 is 1.90 bits per heavy atom. The van der Waals surface area contributed by atoms with Gasteiger partial charge in [-0.2, -0.15) is 0 Å². The summed E-state index contributed by atoms with van der Waals surface area (Å²) in [6.45, 7) is 0. The largest absolute Gasteiger partial charge is 0.467 e. The zero-order valence-electron chi connectivity index (χ0n) is 12.3. The molecule has 0 radical (unpaired) electrons. The molecule has 1 unspecified atom stereocenters. The second kappa shape index (κ2) is 6.72. The zero-order chi connectivity index (χ0) is 15.3. The molecule has 0 bridgehead atoms. The highest BCUT2D eigenvalue weighted by Crippen LogP contribution is 2.30. The van der Waals surface area contributed by atoms with E-state index in [1.165, 1.54) is 7.11 Å². The normalized spacial score (nSPS) is 18.0. The Morgan fingerprint density at radius 3 is 2.48 bits per heavy atom. The number of hydrogen-bond acceptors (Lipinski definition) is 4. The number of nitrogens with two attached hydrogens (primary N) is 1. The van der Waals surface area contributed by atoms with Crippen molar-refractivity contribution in [3.05, 3.63) is 35.9 Å². The number of rotatable bonds is 5. The van der Waals surface area contributed by atoms with E-state index in [-0.39, 0.29) is 12.3 Å². The van der Waals surface area contributed by atoms with Crippen LogP contribution in [0.1, 0.15) is 43.7 Å². The molecule has 1 amide bonds. The van der Waals surface area contributed by atoms with Crippen LogP contribution in [0.5, 0.6) is 0 Å². The van der Waals surface area contributed by atoms with Crippen molar-refractivity contribution in [1.29, 1.82) is 0 Å². The first-order valence-corrected chi connectivity index (χ1v) is 7.25. The second-order valence-corrected chi connectivity index (χ2v) is 5.68. The van der Waals surface area contributed by atoms with Crippen molar-refractivity contribution in [2.24, 2.45) is 5.73 Å². The van der Waals surface area contributed by atoms with E-state index in [0.717, 1.165) is 25.7 Å². The van der Waals surface area contributed by atoms with Crippen LogP contribution in [0, 0.1) is 0 Å². The van der Waals surface area contributed by atoms with Crippen LogP contribution in [0.2, 0.25) is 0 Å². The van der Waals surface area contributed by atoms with Crippen LogP contribution < -0.4 is 11.1 Å². The number of carbonyl (C=O) groups excluding carboxylic acids is 2. The van der Waals surface area contributed by atoms with Crippen molar-refractivity contribution in [2.45, 2.75) is 43.7 Å². The summed E-state index contributed by atoms with van der Waals surface area (Å²) in [7, 11) is 1.31. The number of benzene rings is 1. The Morgan fingerprint density at radius 1 is 1.29 bits per heavy atom. The lowest BCUT2D eigenvalue weighted by atomic mass is 9.94. The van der Waals surface area contributed by atoms with Gasteiger partial charge in [0.2, 0.25) is 5.91 Å². The van der Waals surface area contributed by atoms with Crippen LogP contribution in [0.3, 0.4) is 0 Å². The molecule has 1 aliphatic rings. The third kappa shape index (κ3) is 4.04. The average molecular weight is 290 g/mol. The number of nitrogens with one attached hydrogen (secondary N) is 1. The summed E-state index contributed by atoms with van der Waals surface area (Å²) in [5, 5.41) is 2.74. The number of carbonyl (C=O) groups is 2. The predicted octanol–water partition coefficient (Wildman–Crippen LogP) is 1.68. The van der Waals surface area contributed by atoms with Crippen molar-refractivity contribution in [3.8, 4) is 0 Å². The molecule has 1 fully saturated rings. The maximum absolute atomic E-state index is 12.2. The molecule has 1 aliphatic carbocycles. The molecule has 0 aromatic heterocycles. The summed E-state index contributed by atoms with van der Waals surface area (Å²) in [5.74, 6) is -0.689. The third-order valence-electron chi connectivity index (χ3n) is 3.99. The number of methoxy groups -OCH3 is 1. The van der Waals surface area contributed by atoms with Crippen molar-refractivity contribution in [2.75, 3.05) is 7.11 Å². The van der Waals surface area contributed by atoms with Gasteiger partial charge >= 0.3 is 5.97 Å². The van der Waals surface area contributed by atoms with E-state index in [0.29, 0.717) is 5.56 Å². The Kier molecular flexibility index (Phi) is 4.96. The van der Waals surface area contributed by atoms with Gasteiger partial charge in [0.25, 0.3) is 0 Å². The molecule has 1 saturated carbocycles. The van der Waals surface area contributed by atoms with Crippen LogP contribution in [0.4, 0.5) is 0 Å². The van der Waals surface area contributed by atoms with Gasteiger partial charge in [0.05, 0.1) is 7.11 Å². The minimum atomic E-state index is -0.784. The van der Waals surface area contributed by atoms with E-state index in [1.54, 1.807) is 12.1 Å². The van der Waals surface area contributed by atoms with Gasteiger partial charge in [-0.3, -0.25) is 4.79 Å². The highest BCUT2D eigenvalue weighted by Gasteiger charge is 2.33. The highest BCUT2D eigenvalue weighted by atomic mass is 16.5. The van der Waals surface area contributed by atoms with Crippen molar-refractivity contribution >= 4 is 11.9 Å². The molecule has 114 valence electrons. The Balaban J connectivity index is 2.05. The van der Waals surface area contributed by atoms with E-state index in [9.17, 15) is 9.59 Å². The van der Waals surface area contributed by atoms with Crippen molar-refractivity contribution < 1.29 is 14.3 Å². The topological polar surface area (TPSA) is 81.4 Å². The lowest BCUT2D eigenvalue weighted by molar-refractivity contribution is -0.145. The van der Waals surface area contributed by atoms with E-state index < -0.39 is 17.6 Å². The quantitative estimate of drug-likeness (QED) is 0.808. The summed E-state index contributed by atoms with van der Waals surface area (Å²) in [4.78, 5) is 24.1. The lowest BCUT2D eigenvalue weighted by Crippen LogP contribution is -2.44. The molecule has 1 atom stereocenters. The van der Waals surface area contributed by atoms with E-state index >= 15 is 0 Å². The molecule has 2 rings (SSSR count). The van der Waals surface area contributed by atoms with Gasteiger partial charge in [-0.05, 0) is 18.4 Å². The van der Waals surface area contributed by atoms with Crippen molar-refractivity contribution in [1.82, 2.24) is 5.32 Å². The Hall–Kier alpha value is -1.88. The highest BCUT2D eigenvalue weighted by molar-refractivity contribution is 5.86. The molecule has 0 heterocycles. The fraction of sp³-hybridized carbons (Fsp3) is 0.500. The van der Waals surface area contributed by atoms with E-state index in [1.807, 2.05) is 18.2 Å². The standard InChI is InChI=1S/C16H22N2O3/c1-21-15(20)14(12-7-3-2-4-8-12)18-13(19)11-16(17)9-5-6-10-16/h2-4,7-8,14H,5-6,9-11,17H2,1H3,(H,18,19). The molecule has 0 aliphatic heterocycles. The Bertz CT molecular complexity index is 496. The SMILES string of the molecule is COC(=O)C(NC(=O)CC1(N)CCCC1)c1ccccc1. The minimum Gasteiger partial charge on any atom is -0.467 e. The number of amides is 1.